The van der Waals surface area contributed by atoms with E-state index in [1.54, 1.807) is 0 Å². The van der Waals surface area contributed by atoms with Gasteiger partial charge in [0, 0.05) is 18.4 Å². The SMILES string of the molecule is CNCCCn1cncc1CC(C)C. The van der Waals surface area contributed by atoms with Crippen molar-refractivity contribution in [2.75, 3.05) is 13.6 Å². The van der Waals surface area contributed by atoms with Crippen molar-refractivity contribution in [2.24, 2.45) is 5.92 Å². The summed E-state index contributed by atoms with van der Waals surface area (Å²) >= 11 is 0. The van der Waals surface area contributed by atoms with Gasteiger partial charge in [0.25, 0.3) is 0 Å². The second-order valence-electron chi connectivity index (χ2n) is 4.13. The summed E-state index contributed by atoms with van der Waals surface area (Å²) in [6.07, 6.45) is 6.21. The Balaban J connectivity index is 2.45. The third-order valence-corrected chi connectivity index (χ3v) is 2.24. The lowest BCUT2D eigenvalue weighted by molar-refractivity contribution is 0.559. The molecule has 0 fully saturated rings. The van der Waals surface area contributed by atoms with Gasteiger partial charge in [-0.15, -0.1) is 0 Å². The predicted octanol–water partition coefficient (Wildman–Crippen LogP) is 1.69. The monoisotopic (exact) mass is 195 g/mol. The first-order chi connectivity index (χ1) is 6.74. The van der Waals surface area contributed by atoms with Gasteiger partial charge in [0.15, 0.2) is 0 Å². The van der Waals surface area contributed by atoms with Gasteiger partial charge in [0.05, 0.1) is 6.33 Å². The summed E-state index contributed by atoms with van der Waals surface area (Å²) < 4.78 is 2.26. The number of aromatic nitrogens is 2. The van der Waals surface area contributed by atoms with Gasteiger partial charge < -0.3 is 9.88 Å². The van der Waals surface area contributed by atoms with E-state index in [4.69, 9.17) is 0 Å². The number of imidazole rings is 1. The van der Waals surface area contributed by atoms with Crippen LogP contribution in [0.3, 0.4) is 0 Å². The molecule has 1 rings (SSSR count). The molecule has 0 aromatic carbocycles. The third-order valence-electron chi connectivity index (χ3n) is 2.24. The molecule has 3 heteroatoms. The molecule has 1 heterocycles. The topological polar surface area (TPSA) is 29.9 Å². The zero-order chi connectivity index (χ0) is 10.4. The summed E-state index contributed by atoms with van der Waals surface area (Å²) in [7, 11) is 1.99. The fourth-order valence-electron chi connectivity index (χ4n) is 1.56. The van der Waals surface area contributed by atoms with Crippen LogP contribution < -0.4 is 5.32 Å². The second-order valence-corrected chi connectivity index (χ2v) is 4.13. The number of nitrogens with one attached hydrogen (secondary N) is 1. The highest BCUT2D eigenvalue weighted by Crippen LogP contribution is 2.07. The van der Waals surface area contributed by atoms with E-state index in [9.17, 15) is 0 Å². The zero-order valence-corrected chi connectivity index (χ0v) is 9.45. The Morgan fingerprint density at radius 2 is 2.29 bits per heavy atom. The molecule has 0 radical (unpaired) electrons. The minimum absolute atomic E-state index is 0.703. The van der Waals surface area contributed by atoms with Gasteiger partial charge in [-0.25, -0.2) is 4.98 Å². The largest absolute Gasteiger partial charge is 0.335 e. The summed E-state index contributed by atoms with van der Waals surface area (Å²) in [4.78, 5) is 4.20. The first-order valence-corrected chi connectivity index (χ1v) is 5.37. The maximum absolute atomic E-state index is 4.20. The number of hydrogen-bond donors (Lipinski definition) is 1. The molecule has 0 atom stereocenters. The summed E-state index contributed by atoms with van der Waals surface area (Å²) in [6, 6.07) is 0. The second kappa shape index (κ2) is 5.81. The van der Waals surface area contributed by atoms with Crippen LogP contribution in [0.15, 0.2) is 12.5 Å². The van der Waals surface area contributed by atoms with Gasteiger partial charge in [-0.05, 0) is 32.4 Å². The van der Waals surface area contributed by atoms with Crippen molar-refractivity contribution >= 4 is 0 Å². The summed E-state index contributed by atoms with van der Waals surface area (Å²) in [5, 5.41) is 3.16. The molecule has 80 valence electrons. The van der Waals surface area contributed by atoms with Crippen LogP contribution >= 0.6 is 0 Å². The number of aryl methyl sites for hydroxylation is 1. The Labute approximate surface area is 86.5 Å². The van der Waals surface area contributed by atoms with Crippen LogP contribution in [0, 0.1) is 5.92 Å². The Bertz CT molecular complexity index is 253. The first kappa shape index (κ1) is 11.2. The Morgan fingerprint density at radius 3 is 2.93 bits per heavy atom. The average Bonchev–Trinajstić information content (AvgIpc) is 2.52. The molecular weight excluding hydrogens is 174 g/mol. The lowest BCUT2D eigenvalue weighted by Gasteiger charge is -2.09. The van der Waals surface area contributed by atoms with E-state index in [2.05, 4.69) is 28.7 Å². The minimum Gasteiger partial charge on any atom is -0.335 e. The van der Waals surface area contributed by atoms with Gasteiger partial charge in [0.1, 0.15) is 0 Å². The number of rotatable bonds is 6. The zero-order valence-electron chi connectivity index (χ0n) is 9.45. The van der Waals surface area contributed by atoms with Crippen LogP contribution in [-0.2, 0) is 13.0 Å². The molecule has 14 heavy (non-hydrogen) atoms. The van der Waals surface area contributed by atoms with Crippen molar-refractivity contribution < 1.29 is 0 Å². The predicted molar refractivity (Wildman–Crippen MR) is 59.3 cm³/mol. The van der Waals surface area contributed by atoms with Crippen molar-refractivity contribution in [1.29, 1.82) is 0 Å². The lowest BCUT2D eigenvalue weighted by Crippen LogP contribution is -2.12. The van der Waals surface area contributed by atoms with E-state index in [1.165, 1.54) is 5.69 Å². The van der Waals surface area contributed by atoms with Crippen LogP contribution in [0.25, 0.3) is 0 Å². The molecule has 0 saturated carbocycles. The number of hydrogen-bond acceptors (Lipinski definition) is 2. The van der Waals surface area contributed by atoms with Crippen molar-refractivity contribution in [3.05, 3.63) is 18.2 Å². The normalized spacial score (nSPS) is 11.1. The molecule has 1 aromatic rings. The van der Waals surface area contributed by atoms with Gasteiger partial charge in [-0.2, -0.15) is 0 Å². The maximum Gasteiger partial charge on any atom is 0.0948 e. The van der Waals surface area contributed by atoms with Gasteiger partial charge in [-0.1, -0.05) is 13.8 Å². The van der Waals surface area contributed by atoms with E-state index >= 15 is 0 Å². The molecule has 0 aliphatic rings. The molecule has 1 N–H and O–H groups in total. The third kappa shape index (κ3) is 3.50. The standard InChI is InChI=1S/C11H21N3/c1-10(2)7-11-8-13-9-14(11)6-4-5-12-3/h8-10,12H,4-7H2,1-3H3. The highest BCUT2D eigenvalue weighted by Gasteiger charge is 2.03. The van der Waals surface area contributed by atoms with Crippen LogP contribution in [0.4, 0.5) is 0 Å². The molecule has 1 aromatic heterocycles. The van der Waals surface area contributed by atoms with Crippen LogP contribution in [0.1, 0.15) is 26.0 Å². The quantitative estimate of drug-likeness (QED) is 0.700. The Hall–Kier alpha value is -0.830. The summed E-state index contributed by atoms with van der Waals surface area (Å²) in [5.41, 5.74) is 1.36. The van der Waals surface area contributed by atoms with Crippen LogP contribution in [0.5, 0.6) is 0 Å². The first-order valence-electron chi connectivity index (χ1n) is 5.37. The Kier molecular flexibility index (Phi) is 4.66. The Morgan fingerprint density at radius 1 is 1.50 bits per heavy atom. The average molecular weight is 195 g/mol. The molecule has 0 spiro atoms. The maximum atomic E-state index is 4.20. The van der Waals surface area contributed by atoms with E-state index in [0.29, 0.717) is 5.92 Å². The highest BCUT2D eigenvalue weighted by atomic mass is 15.0. The molecule has 0 aliphatic heterocycles. The fraction of sp³-hybridized carbons (Fsp3) is 0.727. The number of nitrogens with zero attached hydrogens (tertiary/aromatic N) is 2. The van der Waals surface area contributed by atoms with Crippen molar-refractivity contribution in [1.82, 2.24) is 14.9 Å². The smallest absolute Gasteiger partial charge is 0.0948 e. The molecule has 0 bridgehead atoms. The van der Waals surface area contributed by atoms with E-state index in [0.717, 1.165) is 25.9 Å². The summed E-state index contributed by atoms with van der Waals surface area (Å²) in [5.74, 6) is 0.703. The van der Waals surface area contributed by atoms with Crippen molar-refractivity contribution in [2.45, 2.75) is 33.2 Å². The van der Waals surface area contributed by atoms with Gasteiger partial charge in [-0.3, -0.25) is 0 Å². The molecule has 0 saturated heterocycles. The molecule has 0 unspecified atom stereocenters. The van der Waals surface area contributed by atoms with E-state index in [-0.39, 0.29) is 0 Å². The highest BCUT2D eigenvalue weighted by molar-refractivity contribution is 4.99. The van der Waals surface area contributed by atoms with E-state index < -0.39 is 0 Å². The molecule has 0 amide bonds. The molecule has 0 aliphatic carbocycles. The van der Waals surface area contributed by atoms with E-state index in [1.807, 2.05) is 19.6 Å². The molecule has 3 nitrogen and oxygen atoms in total. The summed E-state index contributed by atoms with van der Waals surface area (Å²) in [6.45, 7) is 6.62. The fourth-order valence-corrected chi connectivity index (χ4v) is 1.56. The molecular formula is C11H21N3. The van der Waals surface area contributed by atoms with Gasteiger partial charge >= 0.3 is 0 Å². The van der Waals surface area contributed by atoms with Gasteiger partial charge in [0.2, 0.25) is 0 Å². The minimum atomic E-state index is 0.703. The van der Waals surface area contributed by atoms with Crippen LogP contribution in [-0.4, -0.2) is 23.1 Å². The van der Waals surface area contributed by atoms with Crippen LogP contribution in [0.2, 0.25) is 0 Å². The lowest BCUT2D eigenvalue weighted by atomic mass is 10.1. The van der Waals surface area contributed by atoms with Crippen molar-refractivity contribution in [3.8, 4) is 0 Å². The van der Waals surface area contributed by atoms with Crippen molar-refractivity contribution in [3.63, 3.8) is 0 Å².